The van der Waals surface area contributed by atoms with Crippen LogP contribution in [-0.4, -0.2) is 12.1 Å². The van der Waals surface area contributed by atoms with Crippen molar-refractivity contribution in [2.45, 2.75) is 84.7 Å². The zero-order valence-corrected chi connectivity index (χ0v) is 14.7. The Labute approximate surface area is 130 Å². The van der Waals surface area contributed by atoms with Crippen LogP contribution in [0.15, 0.2) is 16.5 Å². The van der Waals surface area contributed by atoms with E-state index in [2.05, 4.69) is 52.1 Å². The molecule has 2 nitrogen and oxygen atoms in total. The summed E-state index contributed by atoms with van der Waals surface area (Å²) in [5.74, 6) is 3.76. The Kier molecular flexibility index (Phi) is 5.19. The summed E-state index contributed by atoms with van der Waals surface area (Å²) in [4.78, 5) is 0. The van der Waals surface area contributed by atoms with Crippen molar-refractivity contribution in [1.82, 2.24) is 5.32 Å². The van der Waals surface area contributed by atoms with Gasteiger partial charge in [0.25, 0.3) is 0 Å². The summed E-state index contributed by atoms with van der Waals surface area (Å²) in [7, 11) is 0. The molecule has 1 fully saturated rings. The van der Waals surface area contributed by atoms with Gasteiger partial charge in [0.1, 0.15) is 11.5 Å². The average Bonchev–Trinajstić information content (AvgIpc) is 2.82. The van der Waals surface area contributed by atoms with Gasteiger partial charge in [-0.1, -0.05) is 40.5 Å². The van der Waals surface area contributed by atoms with Crippen molar-refractivity contribution >= 4 is 0 Å². The van der Waals surface area contributed by atoms with E-state index in [-0.39, 0.29) is 5.41 Å². The minimum absolute atomic E-state index is 0.0875. The molecule has 1 aliphatic carbocycles. The smallest absolute Gasteiger partial charge is 0.109 e. The first-order chi connectivity index (χ1) is 9.79. The maximum absolute atomic E-state index is 5.85. The Balaban J connectivity index is 1.93. The first-order valence-electron chi connectivity index (χ1n) is 8.62. The maximum atomic E-state index is 5.85. The predicted molar refractivity (Wildman–Crippen MR) is 89.7 cm³/mol. The summed E-state index contributed by atoms with van der Waals surface area (Å²) in [6.07, 6.45) is 5.20. The van der Waals surface area contributed by atoms with Crippen molar-refractivity contribution in [3.05, 3.63) is 23.7 Å². The molecule has 0 unspecified atom stereocenters. The third-order valence-electron chi connectivity index (χ3n) is 5.43. The van der Waals surface area contributed by atoms with Crippen LogP contribution in [0.1, 0.15) is 71.8 Å². The summed E-state index contributed by atoms with van der Waals surface area (Å²) >= 11 is 0. The Morgan fingerprint density at radius 2 is 2.00 bits per heavy atom. The molecule has 0 spiro atoms. The fraction of sp³-hybridized carbons (Fsp3) is 0.789. The van der Waals surface area contributed by atoms with Gasteiger partial charge >= 0.3 is 0 Å². The molecule has 1 saturated carbocycles. The van der Waals surface area contributed by atoms with Gasteiger partial charge in [0, 0.05) is 17.5 Å². The van der Waals surface area contributed by atoms with Crippen LogP contribution in [0.5, 0.6) is 0 Å². The van der Waals surface area contributed by atoms with Gasteiger partial charge in [-0.05, 0) is 50.7 Å². The number of hydrogen-bond acceptors (Lipinski definition) is 2. The molecule has 21 heavy (non-hydrogen) atoms. The molecule has 2 rings (SSSR count). The van der Waals surface area contributed by atoms with Crippen molar-refractivity contribution in [3.63, 3.8) is 0 Å². The van der Waals surface area contributed by atoms with E-state index < -0.39 is 0 Å². The molecule has 0 aromatic carbocycles. The number of aryl methyl sites for hydroxylation is 1. The molecule has 120 valence electrons. The molecule has 1 aromatic heterocycles. The van der Waals surface area contributed by atoms with Crippen LogP contribution in [0, 0.1) is 18.8 Å². The molecule has 1 N–H and O–H groups in total. The quantitative estimate of drug-likeness (QED) is 0.820. The van der Waals surface area contributed by atoms with E-state index in [0.717, 1.165) is 29.8 Å². The largest absolute Gasteiger partial charge is 0.466 e. The lowest BCUT2D eigenvalue weighted by molar-refractivity contribution is 0.186. The number of furan rings is 1. The highest BCUT2D eigenvalue weighted by molar-refractivity contribution is 5.15. The Morgan fingerprint density at radius 3 is 2.62 bits per heavy atom. The summed E-state index contributed by atoms with van der Waals surface area (Å²) in [6.45, 7) is 13.7. The lowest BCUT2D eigenvalue weighted by atomic mass is 9.77. The Hall–Kier alpha value is -0.760. The van der Waals surface area contributed by atoms with Crippen molar-refractivity contribution in [1.29, 1.82) is 0 Å². The normalized spacial score (nSPS) is 28.6. The van der Waals surface area contributed by atoms with Crippen LogP contribution >= 0.6 is 0 Å². The van der Waals surface area contributed by atoms with Crippen molar-refractivity contribution in [2.75, 3.05) is 0 Å². The summed E-state index contributed by atoms with van der Waals surface area (Å²) < 4.78 is 5.85. The third kappa shape index (κ3) is 4.12. The second-order valence-corrected chi connectivity index (χ2v) is 7.94. The number of hydrogen-bond donors (Lipinski definition) is 1. The van der Waals surface area contributed by atoms with Gasteiger partial charge in [-0.2, -0.15) is 0 Å². The lowest BCUT2D eigenvalue weighted by Gasteiger charge is -2.38. The molecule has 4 atom stereocenters. The second-order valence-electron chi connectivity index (χ2n) is 7.94. The fourth-order valence-corrected chi connectivity index (χ4v) is 3.91. The highest BCUT2D eigenvalue weighted by Crippen LogP contribution is 2.32. The fourth-order valence-electron chi connectivity index (χ4n) is 3.91. The first-order valence-corrected chi connectivity index (χ1v) is 8.62. The second kappa shape index (κ2) is 6.56. The van der Waals surface area contributed by atoms with Gasteiger partial charge in [-0.25, -0.2) is 0 Å². The molecule has 0 amide bonds. The molecule has 1 heterocycles. The highest BCUT2D eigenvalue weighted by Gasteiger charge is 2.31. The standard InChI is InChI=1S/C19H33NO/c1-13-8-7-9-17(16(13)4)20-14(2)12-19(5,6)18-11-10-15(3)21-18/h10-11,13-14,16-17,20H,7-9,12H2,1-6H3/t13-,14+,16+,17+/m1/s1. The molecule has 2 heteroatoms. The van der Waals surface area contributed by atoms with Gasteiger partial charge in [0.15, 0.2) is 0 Å². The van der Waals surface area contributed by atoms with Gasteiger partial charge in [-0.15, -0.1) is 0 Å². The Bertz CT molecular complexity index is 448. The average molecular weight is 291 g/mol. The van der Waals surface area contributed by atoms with E-state index in [4.69, 9.17) is 4.42 Å². The SMILES string of the molecule is Cc1ccc(C(C)(C)C[C@H](C)N[C@H]2CCC[C@@H](C)[C@@H]2C)o1. The number of nitrogens with one attached hydrogen (secondary N) is 1. The van der Waals surface area contributed by atoms with E-state index in [1.807, 2.05) is 6.92 Å². The zero-order chi connectivity index (χ0) is 15.6. The number of rotatable bonds is 5. The molecule has 1 aromatic rings. The van der Waals surface area contributed by atoms with Crippen molar-refractivity contribution in [2.24, 2.45) is 11.8 Å². The molecule has 0 saturated heterocycles. The minimum atomic E-state index is 0.0875. The molecule has 0 aliphatic heterocycles. The minimum Gasteiger partial charge on any atom is -0.466 e. The van der Waals surface area contributed by atoms with Gasteiger partial charge < -0.3 is 9.73 Å². The molecule has 1 aliphatic rings. The third-order valence-corrected chi connectivity index (χ3v) is 5.43. The van der Waals surface area contributed by atoms with Crippen LogP contribution in [0.2, 0.25) is 0 Å². The van der Waals surface area contributed by atoms with Crippen LogP contribution in [-0.2, 0) is 5.41 Å². The highest BCUT2D eigenvalue weighted by atomic mass is 16.3. The summed E-state index contributed by atoms with van der Waals surface area (Å²) in [5, 5.41) is 3.89. The van der Waals surface area contributed by atoms with Crippen molar-refractivity contribution < 1.29 is 4.42 Å². The van der Waals surface area contributed by atoms with Gasteiger partial charge in [0.2, 0.25) is 0 Å². The zero-order valence-electron chi connectivity index (χ0n) is 14.7. The topological polar surface area (TPSA) is 25.2 Å². The van der Waals surface area contributed by atoms with Crippen LogP contribution in [0.3, 0.4) is 0 Å². The first kappa shape index (κ1) is 16.6. The molecular weight excluding hydrogens is 258 g/mol. The van der Waals surface area contributed by atoms with Gasteiger partial charge in [-0.3, -0.25) is 0 Å². The molecule has 0 bridgehead atoms. The maximum Gasteiger partial charge on any atom is 0.109 e. The monoisotopic (exact) mass is 291 g/mol. The predicted octanol–water partition coefficient (Wildman–Crippen LogP) is 5.06. The molecular formula is C19H33NO. The Morgan fingerprint density at radius 1 is 1.29 bits per heavy atom. The molecule has 0 radical (unpaired) electrons. The van der Waals surface area contributed by atoms with Crippen molar-refractivity contribution in [3.8, 4) is 0 Å². The van der Waals surface area contributed by atoms with E-state index in [1.54, 1.807) is 0 Å². The van der Waals surface area contributed by atoms with Crippen LogP contribution in [0.25, 0.3) is 0 Å². The summed E-state index contributed by atoms with van der Waals surface area (Å²) in [6, 6.07) is 5.40. The summed E-state index contributed by atoms with van der Waals surface area (Å²) in [5.41, 5.74) is 0.0875. The van der Waals surface area contributed by atoms with E-state index >= 15 is 0 Å². The van der Waals surface area contributed by atoms with E-state index in [9.17, 15) is 0 Å². The van der Waals surface area contributed by atoms with E-state index in [1.165, 1.54) is 19.3 Å². The van der Waals surface area contributed by atoms with Gasteiger partial charge in [0.05, 0.1) is 0 Å². The lowest BCUT2D eigenvalue weighted by Crippen LogP contribution is -2.46. The van der Waals surface area contributed by atoms with Crippen LogP contribution < -0.4 is 5.32 Å². The van der Waals surface area contributed by atoms with E-state index in [0.29, 0.717) is 12.1 Å². The van der Waals surface area contributed by atoms with Crippen LogP contribution in [0.4, 0.5) is 0 Å².